The van der Waals surface area contributed by atoms with Crippen LogP contribution in [0.4, 0.5) is 0 Å². The topological polar surface area (TPSA) is 56.7 Å². The highest BCUT2D eigenvalue weighted by molar-refractivity contribution is 6.10. The summed E-state index contributed by atoms with van der Waals surface area (Å²) in [7, 11) is 0. The fraction of sp³-hybridized carbons (Fsp3) is 0. The van der Waals surface area contributed by atoms with Gasteiger partial charge in [0.2, 0.25) is 0 Å². The molecule has 4 aromatic heterocycles. The Morgan fingerprint density at radius 1 is 0.411 bits per heavy atom. The van der Waals surface area contributed by atoms with Crippen LogP contribution in [0.25, 0.3) is 106 Å². The standard InChI is InChI=1S/C51H32N4O/c1-3-13-33(14-4-1)34-23-25-36(26-24-34)51-53-44(35-15-5-2-6-16-35)32-45(54-51)38-29-37(40-27-28-52-49-43-19-9-12-22-48(43)56-50(40)49)30-39(31-38)55-46-20-10-7-17-41(46)42-18-8-11-21-47(42)55/h1-32H. The molecule has 0 aliphatic rings. The third-order valence-electron chi connectivity index (χ3n) is 10.7. The van der Waals surface area contributed by atoms with Crippen molar-refractivity contribution < 1.29 is 4.42 Å². The first-order chi connectivity index (χ1) is 27.7. The van der Waals surface area contributed by atoms with Gasteiger partial charge in [-0.1, -0.05) is 133 Å². The number of benzene rings is 7. The first-order valence-corrected chi connectivity index (χ1v) is 18.8. The molecule has 7 aromatic carbocycles. The van der Waals surface area contributed by atoms with E-state index >= 15 is 0 Å². The number of pyridine rings is 1. The zero-order chi connectivity index (χ0) is 37.0. The Morgan fingerprint density at radius 2 is 0.964 bits per heavy atom. The van der Waals surface area contributed by atoms with Gasteiger partial charge >= 0.3 is 0 Å². The summed E-state index contributed by atoms with van der Waals surface area (Å²) in [6, 6.07) is 65.5. The van der Waals surface area contributed by atoms with Crippen molar-refractivity contribution in [2.24, 2.45) is 0 Å². The first-order valence-electron chi connectivity index (χ1n) is 18.8. The zero-order valence-electron chi connectivity index (χ0n) is 30.2. The molecule has 5 nitrogen and oxygen atoms in total. The van der Waals surface area contributed by atoms with E-state index in [1.54, 1.807) is 0 Å². The Labute approximate surface area is 322 Å². The van der Waals surface area contributed by atoms with Crippen LogP contribution >= 0.6 is 0 Å². The minimum absolute atomic E-state index is 0.661. The fourth-order valence-electron chi connectivity index (χ4n) is 8.00. The van der Waals surface area contributed by atoms with Gasteiger partial charge in [-0.25, -0.2) is 9.97 Å². The second-order valence-corrected chi connectivity index (χ2v) is 14.0. The maximum atomic E-state index is 6.56. The third-order valence-corrected chi connectivity index (χ3v) is 10.7. The highest BCUT2D eigenvalue weighted by Gasteiger charge is 2.19. The van der Waals surface area contributed by atoms with Gasteiger partial charge in [0, 0.05) is 50.3 Å². The van der Waals surface area contributed by atoms with Gasteiger partial charge in [0.25, 0.3) is 0 Å². The lowest BCUT2D eigenvalue weighted by Gasteiger charge is -2.15. The fourth-order valence-corrected chi connectivity index (χ4v) is 8.00. The predicted octanol–water partition coefficient (Wildman–Crippen LogP) is 13.2. The average Bonchev–Trinajstić information content (AvgIpc) is 3.83. The lowest BCUT2D eigenvalue weighted by atomic mass is 9.98. The molecule has 0 N–H and O–H groups in total. The molecule has 56 heavy (non-hydrogen) atoms. The molecule has 0 saturated heterocycles. The van der Waals surface area contributed by atoms with Crippen molar-refractivity contribution in [2.45, 2.75) is 0 Å². The van der Waals surface area contributed by atoms with Gasteiger partial charge in [0.15, 0.2) is 11.4 Å². The van der Waals surface area contributed by atoms with E-state index in [1.807, 2.05) is 36.5 Å². The summed E-state index contributed by atoms with van der Waals surface area (Å²) in [5.41, 5.74) is 14.6. The van der Waals surface area contributed by atoms with E-state index in [4.69, 9.17) is 19.4 Å². The van der Waals surface area contributed by atoms with E-state index in [9.17, 15) is 0 Å². The van der Waals surface area contributed by atoms with Gasteiger partial charge in [0.05, 0.1) is 22.4 Å². The maximum absolute atomic E-state index is 6.56. The van der Waals surface area contributed by atoms with Crippen molar-refractivity contribution in [3.05, 3.63) is 194 Å². The molecular formula is C51H32N4O. The van der Waals surface area contributed by atoms with Gasteiger partial charge < -0.3 is 8.98 Å². The normalized spacial score (nSPS) is 11.6. The molecule has 0 bridgehead atoms. The van der Waals surface area contributed by atoms with Gasteiger partial charge in [0.1, 0.15) is 11.1 Å². The van der Waals surface area contributed by atoms with Crippen molar-refractivity contribution >= 4 is 43.9 Å². The molecule has 262 valence electrons. The second-order valence-electron chi connectivity index (χ2n) is 14.0. The highest BCUT2D eigenvalue weighted by atomic mass is 16.3. The molecule has 0 unspecified atom stereocenters. The van der Waals surface area contributed by atoms with Crippen LogP contribution in [0.15, 0.2) is 199 Å². The molecule has 0 fully saturated rings. The molecular weight excluding hydrogens is 685 g/mol. The van der Waals surface area contributed by atoms with Crippen LogP contribution in [0.2, 0.25) is 0 Å². The summed E-state index contributed by atoms with van der Waals surface area (Å²) in [5.74, 6) is 0.661. The van der Waals surface area contributed by atoms with Gasteiger partial charge in [-0.2, -0.15) is 0 Å². The largest absolute Gasteiger partial charge is 0.454 e. The summed E-state index contributed by atoms with van der Waals surface area (Å²) in [4.78, 5) is 15.3. The van der Waals surface area contributed by atoms with Crippen molar-refractivity contribution in [3.8, 4) is 61.8 Å². The average molecular weight is 717 g/mol. The number of hydrogen-bond acceptors (Lipinski definition) is 4. The van der Waals surface area contributed by atoms with Crippen LogP contribution in [0.3, 0.4) is 0 Å². The first kappa shape index (κ1) is 31.9. The SMILES string of the molecule is c1ccc(-c2ccc(-c3nc(-c4ccccc4)cc(-c4cc(-c5ccnc6c5oc5ccccc56)cc(-n5c6ccccc6c6ccccc65)c4)n3)cc2)cc1. The van der Waals surface area contributed by atoms with Crippen molar-refractivity contribution in [1.29, 1.82) is 0 Å². The van der Waals surface area contributed by atoms with E-state index in [-0.39, 0.29) is 0 Å². The zero-order valence-corrected chi connectivity index (χ0v) is 30.2. The van der Waals surface area contributed by atoms with Gasteiger partial charge in [-0.05, 0) is 71.3 Å². The minimum Gasteiger partial charge on any atom is -0.454 e. The molecule has 0 spiro atoms. The van der Waals surface area contributed by atoms with E-state index in [2.05, 4.69) is 162 Å². The predicted molar refractivity (Wildman–Crippen MR) is 229 cm³/mol. The molecule has 0 amide bonds. The molecule has 0 radical (unpaired) electrons. The summed E-state index contributed by atoms with van der Waals surface area (Å²) in [6.07, 6.45) is 1.88. The summed E-state index contributed by atoms with van der Waals surface area (Å²) in [6.45, 7) is 0. The smallest absolute Gasteiger partial charge is 0.161 e. The molecule has 5 heteroatoms. The van der Waals surface area contributed by atoms with Crippen LogP contribution < -0.4 is 0 Å². The number of nitrogens with zero attached hydrogens (tertiary/aromatic N) is 4. The van der Waals surface area contributed by atoms with Crippen LogP contribution in [-0.4, -0.2) is 19.5 Å². The van der Waals surface area contributed by atoms with Crippen molar-refractivity contribution in [2.75, 3.05) is 0 Å². The Hall–Kier alpha value is -7.63. The van der Waals surface area contributed by atoms with E-state index in [0.717, 1.165) is 83.6 Å². The molecule has 4 heterocycles. The lowest BCUT2D eigenvalue weighted by molar-refractivity contribution is 0.669. The Balaban J connectivity index is 1.17. The summed E-state index contributed by atoms with van der Waals surface area (Å²) >= 11 is 0. The summed E-state index contributed by atoms with van der Waals surface area (Å²) in [5, 5.41) is 3.40. The number of fused-ring (bicyclic) bond motifs is 6. The molecule has 0 aliphatic carbocycles. The molecule has 11 rings (SSSR count). The van der Waals surface area contributed by atoms with Crippen molar-refractivity contribution in [3.63, 3.8) is 0 Å². The third kappa shape index (κ3) is 5.37. The van der Waals surface area contributed by atoms with Gasteiger partial charge in [-0.15, -0.1) is 0 Å². The van der Waals surface area contributed by atoms with Crippen LogP contribution in [0, 0.1) is 0 Å². The van der Waals surface area contributed by atoms with Crippen molar-refractivity contribution in [1.82, 2.24) is 19.5 Å². The Kier molecular flexibility index (Phi) is 7.42. The van der Waals surface area contributed by atoms with E-state index in [0.29, 0.717) is 5.82 Å². The molecule has 11 aromatic rings. The van der Waals surface area contributed by atoms with Crippen LogP contribution in [0.1, 0.15) is 0 Å². The van der Waals surface area contributed by atoms with E-state index in [1.165, 1.54) is 16.3 Å². The summed E-state index contributed by atoms with van der Waals surface area (Å²) < 4.78 is 8.91. The molecule has 0 saturated carbocycles. The number of furan rings is 1. The Morgan fingerprint density at radius 3 is 1.68 bits per heavy atom. The quantitative estimate of drug-likeness (QED) is 0.172. The molecule has 0 atom stereocenters. The highest BCUT2D eigenvalue weighted by Crippen LogP contribution is 2.40. The number of rotatable bonds is 6. The number of hydrogen-bond donors (Lipinski definition) is 0. The minimum atomic E-state index is 0.661. The second kappa shape index (κ2) is 13.0. The van der Waals surface area contributed by atoms with Crippen LogP contribution in [-0.2, 0) is 0 Å². The monoisotopic (exact) mass is 716 g/mol. The Bertz CT molecular complexity index is 3180. The molecule has 0 aliphatic heterocycles. The maximum Gasteiger partial charge on any atom is 0.161 e. The van der Waals surface area contributed by atoms with E-state index < -0.39 is 0 Å². The van der Waals surface area contributed by atoms with Gasteiger partial charge in [-0.3, -0.25) is 4.98 Å². The number of aromatic nitrogens is 4. The lowest BCUT2D eigenvalue weighted by Crippen LogP contribution is -1.99. The number of para-hydroxylation sites is 3. The van der Waals surface area contributed by atoms with Crippen LogP contribution in [0.5, 0.6) is 0 Å².